The predicted molar refractivity (Wildman–Crippen MR) is 159 cm³/mol. The molecular weight excluding hydrogens is 620 g/mol. The Morgan fingerprint density at radius 2 is 1.21 bits per heavy atom. The van der Waals surface area contributed by atoms with Gasteiger partial charge >= 0.3 is 23.9 Å². The molecule has 2 aromatic carbocycles. The summed E-state index contributed by atoms with van der Waals surface area (Å²) in [5.74, 6) is -3.03. The van der Waals surface area contributed by atoms with Gasteiger partial charge in [-0.25, -0.2) is 0 Å². The number of rotatable bonds is 13. The molecule has 256 valence electrons. The highest BCUT2D eigenvalue weighted by molar-refractivity contribution is 5.68. The molecule has 0 bridgehead atoms. The fraction of sp³-hybridized carbons (Fsp3) is 0.515. The quantitative estimate of drug-likeness (QED) is 0.244. The molecule has 2 saturated heterocycles. The molecule has 4 rings (SSSR count). The van der Waals surface area contributed by atoms with E-state index in [0.717, 1.165) is 31.9 Å². The first-order chi connectivity index (χ1) is 22.5. The van der Waals surface area contributed by atoms with Crippen molar-refractivity contribution in [3.63, 3.8) is 0 Å². The van der Waals surface area contributed by atoms with Crippen LogP contribution in [0.1, 0.15) is 38.8 Å². The number of ether oxygens (including phenoxy) is 9. The van der Waals surface area contributed by atoms with E-state index in [-0.39, 0.29) is 19.8 Å². The fourth-order valence-electron chi connectivity index (χ4n) is 5.24. The fourth-order valence-corrected chi connectivity index (χ4v) is 5.24. The maximum absolute atomic E-state index is 12.3. The summed E-state index contributed by atoms with van der Waals surface area (Å²) in [6, 6.07) is 18.7. The number of benzene rings is 2. The number of esters is 4. The SMILES string of the molecule is CC(=O)OC[C@H]1O[C@@H](O[C@@H]2[C@@H](OCc3ccccc3)[C@H](OCc3ccccc3)CO[C@H]2O)[C@H](OC(C)=O)[C@@H](OC(C)=O)[C@@H]1OC(C)=O. The van der Waals surface area contributed by atoms with Gasteiger partial charge in [-0.05, 0) is 11.1 Å². The van der Waals surface area contributed by atoms with Crippen molar-refractivity contribution in [3.05, 3.63) is 71.8 Å². The van der Waals surface area contributed by atoms with E-state index in [1.807, 2.05) is 60.7 Å². The number of carbonyl (C=O) groups excluding carboxylic acids is 4. The van der Waals surface area contributed by atoms with Crippen LogP contribution in [0.2, 0.25) is 0 Å². The number of carbonyl (C=O) groups is 4. The van der Waals surface area contributed by atoms with Crippen LogP contribution in [0.25, 0.3) is 0 Å². The second-order valence-corrected chi connectivity index (χ2v) is 11.0. The van der Waals surface area contributed by atoms with Crippen molar-refractivity contribution in [1.29, 1.82) is 0 Å². The second-order valence-electron chi connectivity index (χ2n) is 11.0. The van der Waals surface area contributed by atoms with Gasteiger partial charge in [0.25, 0.3) is 0 Å². The van der Waals surface area contributed by atoms with Gasteiger partial charge in [0.1, 0.15) is 31.0 Å². The lowest BCUT2D eigenvalue weighted by Crippen LogP contribution is -2.65. The van der Waals surface area contributed by atoms with Crippen LogP contribution in [0, 0.1) is 0 Å². The van der Waals surface area contributed by atoms with E-state index in [0.29, 0.717) is 0 Å². The summed E-state index contributed by atoms with van der Waals surface area (Å²) in [5, 5.41) is 11.1. The van der Waals surface area contributed by atoms with Crippen molar-refractivity contribution in [2.24, 2.45) is 0 Å². The minimum Gasteiger partial charge on any atom is -0.463 e. The zero-order chi connectivity index (χ0) is 33.9. The van der Waals surface area contributed by atoms with Gasteiger partial charge in [-0.1, -0.05) is 60.7 Å². The largest absolute Gasteiger partial charge is 0.463 e. The number of hydrogen-bond donors (Lipinski definition) is 1. The first kappa shape index (κ1) is 35.9. The van der Waals surface area contributed by atoms with Gasteiger partial charge in [0, 0.05) is 27.7 Å². The van der Waals surface area contributed by atoms with E-state index in [2.05, 4.69) is 0 Å². The zero-order valence-electron chi connectivity index (χ0n) is 26.6. The topological polar surface area (TPSA) is 172 Å². The van der Waals surface area contributed by atoms with Gasteiger partial charge in [0.05, 0.1) is 19.8 Å². The Morgan fingerprint density at radius 1 is 0.681 bits per heavy atom. The highest BCUT2D eigenvalue weighted by atomic mass is 16.8. The first-order valence-electron chi connectivity index (χ1n) is 15.1. The van der Waals surface area contributed by atoms with Crippen LogP contribution >= 0.6 is 0 Å². The van der Waals surface area contributed by atoms with Gasteiger partial charge in [0.15, 0.2) is 30.9 Å². The van der Waals surface area contributed by atoms with Crippen LogP contribution in [0.3, 0.4) is 0 Å². The molecule has 47 heavy (non-hydrogen) atoms. The molecule has 2 aromatic rings. The molecule has 0 amide bonds. The Kier molecular flexibility index (Phi) is 13.2. The molecular formula is C33H40O14. The van der Waals surface area contributed by atoms with Crippen LogP contribution in [-0.2, 0) is 75.0 Å². The Hall–Kier alpha value is -3.92. The van der Waals surface area contributed by atoms with E-state index in [1.165, 1.54) is 6.92 Å². The van der Waals surface area contributed by atoms with E-state index in [9.17, 15) is 24.3 Å². The molecule has 2 fully saturated rings. The summed E-state index contributed by atoms with van der Waals surface area (Å²) in [6.07, 6.45) is -11.8. The van der Waals surface area contributed by atoms with Gasteiger partial charge < -0.3 is 47.7 Å². The third-order valence-corrected chi connectivity index (χ3v) is 7.23. The summed E-state index contributed by atoms with van der Waals surface area (Å²) in [7, 11) is 0. The summed E-state index contributed by atoms with van der Waals surface area (Å²) in [5.41, 5.74) is 1.72. The molecule has 9 atom stereocenters. The minimum atomic E-state index is -1.57. The van der Waals surface area contributed by atoms with Crippen molar-refractivity contribution in [2.45, 2.75) is 96.2 Å². The maximum Gasteiger partial charge on any atom is 0.303 e. The molecule has 1 N–H and O–H groups in total. The van der Waals surface area contributed by atoms with Gasteiger partial charge in [-0.3, -0.25) is 19.2 Å². The highest BCUT2D eigenvalue weighted by Crippen LogP contribution is 2.33. The minimum absolute atomic E-state index is 0.0497. The molecule has 2 heterocycles. The molecule has 2 aliphatic heterocycles. The molecule has 0 aromatic heterocycles. The van der Waals surface area contributed by atoms with Crippen molar-refractivity contribution >= 4 is 23.9 Å². The summed E-state index contributed by atoms with van der Waals surface area (Å²) < 4.78 is 52.1. The van der Waals surface area contributed by atoms with Crippen molar-refractivity contribution in [2.75, 3.05) is 13.2 Å². The van der Waals surface area contributed by atoms with E-state index >= 15 is 0 Å². The molecule has 2 aliphatic rings. The van der Waals surface area contributed by atoms with Crippen LogP contribution in [0.5, 0.6) is 0 Å². The normalized spacial score (nSPS) is 28.9. The van der Waals surface area contributed by atoms with Crippen LogP contribution in [-0.4, -0.2) is 97.5 Å². The van der Waals surface area contributed by atoms with E-state index in [4.69, 9.17) is 42.6 Å². The molecule has 0 unspecified atom stereocenters. The van der Waals surface area contributed by atoms with Gasteiger partial charge in [-0.2, -0.15) is 0 Å². The van der Waals surface area contributed by atoms with Crippen LogP contribution < -0.4 is 0 Å². The van der Waals surface area contributed by atoms with Crippen molar-refractivity contribution < 1.29 is 66.9 Å². The monoisotopic (exact) mass is 660 g/mol. The lowest BCUT2D eigenvalue weighted by atomic mass is 9.97. The summed E-state index contributed by atoms with van der Waals surface area (Å²) >= 11 is 0. The van der Waals surface area contributed by atoms with E-state index < -0.39 is 85.8 Å². The lowest BCUT2D eigenvalue weighted by Gasteiger charge is -2.47. The van der Waals surface area contributed by atoms with Crippen molar-refractivity contribution in [1.82, 2.24) is 0 Å². The standard InChI is InChI=1S/C33H40O14/c1-19(34)39-18-26-28(43-20(2)35)29(44-21(3)36)31(45-22(4)37)33(46-26)47-30-27(41-16-24-13-9-6-10-14-24)25(17-42-32(30)38)40-15-23-11-7-5-8-12-23/h5-14,25-33,38H,15-18H2,1-4H3/t25-,26-,27+,28-,29+,30-,31-,32-,33+/m1/s1. The van der Waals surface area contributed by atoms with Crippen LogP contribution in [0.15, 0.2) is 60.7 Å². The molecule has 0 radical (unpaired) electrons. The summed E-state index contributed by atoms with van der Waals surface area (Å²) in [6.45, 7) is 4.34. The van der Waals surface area contributed by atoms with Crippen LogP contribution in [0.4, 0.5) is 0 Å². The predicted octanol–water partition coefficient (Wildman–Crippen LogP) is 1.97. The Bertz CT molecular complexity index is 1320. The Labute approximate surface area is 272 Å². The average molecular weight is 661 g/mol. The lowest BCUT2D eigenvalue weighted by molar-refractivity contribution is -0.359. The average Bonchev–Trinajstić information content (AvgIpc) is 3.02. The van der Waals surface area contributed by atoms with E-state index in [1.54, 1.807) is 0 Å². The molecule has 14 heteroatoms. The third kappa shape index (κ3) is 10.5. The third-order valence-electron chi connectivity index (χ3n) is 7.23. The number of aliphatic hydroxyl groups is 1. The number of hydrogen-bond acceptors (Lipinski definition) is 14. The Morgan fingerprint density at radius 3 is 1.77 bits per heavy atom. The maximum atomic E-state index is 12.3. The molecule has 0 saturated carbocycles. The first-order valence-corrected chi connectivity index (χ1v) is 15.1. The van der Waals surface area contributed by atoms with Crippen molar-refractivity contribution in [3.8, 4) is 0 Å². The second kappa shape index (κ2) is 17.3. The molecule has 14 nitrogen and oxygen atoms in total. The van der Waals surface area contributed by atoms with Gasteiger partial charge in [-0.15, -0.1) is 0 Å². The highest BCUT2D eigenvalue weighted by Gasteiger charge is 2.55. The smallest absolute Gasteiger partial charge is 0.303 e. The molecule has 0 aliphatic carbocycles. The zero-order valence-corrected chi connectivity index (χ0v) is 26.6. The molecule has 0 spiro atoms. The summed E-state index contributed by atoms with van der Waals surface area (Å²) in [4.78, 5) is 48.3. The Balaban J connectivity index is 1.67. The number of aliphatic hydroxyl groups excluding tert-OH is 1. The van der Waals surface area contributed by atoms with Gasteiger partial charge in [0.2, 0.25) is 0 Å².